The number of hydrogen-bond donors (Lipinski definition) is 2. The van der Waals surface area contributed by atoms with Gasteiger partial charge in [0.25, 0.3) is 0 Å². The summed E-state index contributed by atoms with van der Waals surface area (Å²) in [5, 5.41) is 0. The van der Waals surface area contributed by atoms with Crippen molar-refractivity contribution < 1.29 is 12.8 Å². The average Bonchev–Trinajstić information content (AvgIpc) is 2.98. The maximum absolute atomic E-state index is 12.4. The Morgan fingerprint density at radius 3 is 2.65 bits per heavy atom. The molecule has 0 unspecified atom stereocenters. The van der Waals surface area contributed by atoms with Crippen LogP contribution in [-0.4, -0.2) is 18.0 Å². The van der Waals surface area contributed by atoms with E-state index in [4.69, 9.17) is 4.42 Å². The SMILES string of the molecule is Cc1cc(CNS(=O)(=O)c2ccc3[nH]c(=O)oc3c2)c(C)n1C. The molecule has 0 saturated heterocycles. The minimum Gasteiger partial charge on any atom is -0.408 e. The van der Waals surface area contributed by atoms with E-state index in [0.717, 1.165) is 17.0 Å². The molecular weight excluding hydrogens is 318 g/mol. The van der Waals surface area contributed by atoms with Crippen molar-refractivity contribution in [3.8, 4) is 0 Å². The van der Waals surface area contributed by atoms with E-state index < -0.39 is 15.8 Å². The highest BCUT2D eigenvalue weighted by Crippen LogP contribution is 2.18. The second-order valence-electron chi connectivity index (χ2n) is 5.45. The molecule has 8 heteroatoms. The number of oxazole rings is 1. The Labute approximate surface area is 133 Å². The number of nitrogens with zero attached hydrogens (tertiary/aromatic N) is 1. The topological polar surface area (TPSA) is 97.1 Å². The molecule has 2 heterocycles. The summed E-state index contributed by atoms with van der Waals surface area (Å²) in [6.45, 7) is 4.11. The summed E-state index contributed by atoms with van der Waals surface area (Å²) in [5.41, 5.74) is 3.67. The number of aryl methyl sites for hydroxylation is 1. The van der Waals surface area contributed by atoms with Gasteiger partial charge >= 0.3 is 5.76 Å². The van der Waals surface area contributed by atoms with E-state index >= 15 is 0 Å². The highest BCUT2D eigenvalue weighted by molar-refractivity contribution is 7.89. The van der Waals surface area contributed by atoms with E-state index in [1.54, 1.807) is 0 Å². The molecule has 122 valence electrons. The minimum atomic E-state index is -3.70. The van der Waals surface area contributed by atoms with E-state index in [2.05, 4.69) is 9.71 Å². The zero-order valence-corrected chi connectivity index (χ0v) is 13.8. The molecule has 2 aromatic heterocycles. The van der Waals surface area contributed by atoms with Crippen molar-refractivity contribution in [1.29, 1.82) is 0 Å². The Balaban J connectivity index is 1.87. The summed E-state index contributed by atoms with van der Waals surface area (Å²) in [4.78, 5) is 13.7. The van der Waals surface area contributed by atoms with Crippen molar-refractivity contribution in [3.63, 3.8) is 0 Å². The van der Waals surface area contributed by atoms with Crippen LogP contribution in [0.4, 0.5) is 0 Å². The van der Waals surface area contributed by atoms with Gasteiger partial charge in [-0.3, -0.25) is 4.98 Å². The number of benzene rings is 1. The number of hydrogen-bond acceptors (Lipinski definition) is 4. The molecule has 0 aliphatic rings. The Bertz CT molecular complexity index is 1040. The first-order chi connectivity index (χ1) is 10.8. The average molecular weight is 335 g/mol. The molecule has 0 amide bonds. The number of nitrogens with one attached hydrogen (secondary N) is 2. The summed E-state index contributed by atoms with van der Waals surface area (Å²) in [7, 11) is -1.76. The highest BCUT2D eigenvalue weighted by atomic mass is 32.2. The maximum atomic E-state index is 12.4. The van der Waals surface area contributed by atoms with Crippen molar-refractivity contribution >= 4 is 21.1 Å². The number of aromatic nitrogens is 2. The quantitative estimate of drug-likeness (QED) is 0.756. The lowest BCUT2D eigenvalue weighted by Gasteiger charge is -2.07. The zero-order valence-electron chi connectivity index (χ0n) is 13.0. The first kappa shape index (κ1) is 15.6. The fourth-order valence-corrected chi connectivity index (χ4v) is 3.48. The Morgan fingerprint density at radius 2 is 2.00 bits per heavy atom. The molecule has 23 heavy (non-hydrogen) atoms. The van der Waals surface area contributed by atoms with Crippen LogP contribution in [0.1, 0.15) is 17.0 Å². The number of aromatic amines is 1. The van der Waals surface area contributed by atoms with Gasteiger partial charge < -0.3 is 8.98 Å². The van der Waals surface area contributed by atoms with Crippen LogP contribution >= 0.6 is 0 Å². The van der Waals surface area contributed by atoms with Gasteiger partial charge in [-0.05, 0) is 37.6 Å². The van der Waals surface area contributed by atoms with Crippen LogP contribution in [0.3, 0.4) is 0 Å². The fraction of sp³-hybridized carbons (Fsp3) is 0.267. The lowest BCUT2D eigenvalue weighted by Crippen LogP contribution is -2.23. The largest absolute Gasteiger partial charge is 0.417 e. The molecule has 0 aliphatic carbocycles. The first-order valence-corrected chi connectivity index (χ1v) is 8.50. The molecular formula is C15H17N3O4S. The maximum Gasteiger partial charge on any atom is 0.417 e. The molecule has 0 saturated carbocycles. The van der Waals surface area contributed by atoms with Crippen molar-refractivity contribution in [1.82, 2.24) is 14.3 Å². The highest BCUT2D eigenvalue weighted by Gasteiger charge is 2.17. The zero-order chi connectivity index (χ0) is 16.8. The molecule has 0 aliphatic heterocycles. The van der Waals surface area contributed by atoms with Gasteiger partial charge in [0.2, 0.25) is 10.0 Å². The molecule has 0 atom stereocenters. The molecule has 3 rings (SSSR count). The summed E-state index contributed by atoms with van der Waals surface area (Å²) in [5.74, 6) is -0.613. The second-order valence-corrected chi connectivity index (χ2v) is 7.22. The predicted molar refractivity (Wildman–Crippen MR) is 85.7 cm³/mol. The van der Waals surface area contributed by atoms with Gasteiger partial charge in [0.15, 0.2) is 5.58 Å². The van der Waals surface area contributed by atoms with Crippen LogP contribution < -0.4 is 10.5 Å². The van der Waals surface area contributed by atoms with Gasteiger partial charge in [-0.25, -0.2) is 17.9 Å². The molecule has 3 aromatic rings. The predicted octanol–water partition coefficient (Wildman–Crippen LogP) is 1.55. The first-order valence-electron chi connectivity index (χ1n) is 7.02. The van der Waals surface area contributed by atoms with Crippen LogP contribution in [0.5, 0.6) is 0 Å². The third-order valence-electron chi connectivity index (χ3n) is 4.04. The van der Waals surface area contributed by atoms with Crippen molar-refractivity contribution in [3.05, 3.63) is 51.8 Å². The molecule has 1 aromatic carbocycles. The van der Waals surface area contributed by atoms with Crippen molar-refractivity contribution in [2.45, 2.75) is 25.3 Å². The number of H-pyrrole nitrogens is 1. The number of rotatable bonds is 4. The molecule has 0 radical (unpaired) electrons. The van der Waals surface area contributed by atoms with Gasteiger partial charge in [0, 0.05) is 31.0 Å². The van der Waals surface area contributed by atoms with Gasteiger partial charge in [-0.1, -0.05) is 0 Å². The van der Waals surface area contributed by atoms with Gasteiger partial charge in [-0.15, -0.1) is 0 Å². The van der Waals surface area contributed by atoms with Crippen LogP contribution in [0.15, 0.2) is 38.4 Å². The lowest BCUT2D eigenvalue weighted by molar-refractivity contribution is 0.553. The summed E-state index contributed by atoms with van der Waals surface area (Å²) in [6.07, 6.45) is 0. The van der Waals surface area contributed by atoms with Crippen LogP contribution in [-0.2, 0) is 23.6 Å². The second kappa shape index (κ2) is 5.39. The Kier molecular flexibility index (Phi) is 3.65. The smallest absolute Gasteiger partial charge is 0.408 e. The third kappa shape index (κ3) is 2.82. The fourth-order valence-electron chi connectivity index (χ4n) is 2.46. The summed E-state index contributed by atoms with van der Waals surface area (Å²) in [6, 6.07) is 6.22. The molecule has 0 fully saturated rings. The summed E-state index contributed by atoms with van der Waals surface area (Å²) >= 11 is 0. The van der Waals surface area contributed by atoms with Gasteiger partial charge in [0.05, 0.1) is 10.4 Å². The molecule has 7 nitrogen and oxygen atoms in total. The minimum absolute atomic E-state index is 0.0538. The molecule has 2 N–H and O–H groups in total. The molecule has 0 bridgehead atoms. The number of fused-ring (bicyclic) bond motifs is 1. The molecule has 0 spiro atoms. The monoisotopic (exact) mass is 335 g/mol. The van der Waals surface area contributed by atoms with Gasteiger partial charge in [-0.2, -0.15) is 0 Å². The van der Waals surface area contributed by atoms with E-state index in [9.17, 15) is 13.2 Å². The lowest BCUT2D eigenvalue weighted by atomic mass is 10.2. The Morgan fingerprint density at radius 1 is 1.26 bits per heavy atom. The standard InChI is InChI=1S/C15H17N3O4S/c1-9-6-11(10(2)18(9)3)8-16-23(20,21)12-4-5-13-14(7-12)22-15(19)17-13/h4-7,16H,8H2,1-3H3,(H,17,19). The normalized spacial score (nSPS) is 12.1. The van der Waals surface area contributed by atoms with Crippen LogP contribution in [0, 0.1) is 13.8 Å². The number of sulfonamides is 1. The van der Waals surface area contributed by atoms with E-state index in [0.29, 0.717) is 5.52 Å². The van der Waals surface area contributed by atoms with Crippen LogP contribution in [0.25, 0.3) is 11.1 Å². The van der Waals surface area contributed by atoms with Crippen molar-refractivity contribution in [2.24, 2.45) is 7.05 Å². The third-order valence-corrected chi connectivity index (χ3v) is 5.43. The van der Waals surface area contributed by atoms with E-state index in [-0.39, 0.29) is 17.0 Å². The van der Waals surface area contributed by atoms with Crippen LogP contribution in [0.2, 0.25) is 0 Å². The van der Waals surface area contributed by atoms with E-state index in [1.807, 2.05) is 31.5 Å². The van der Waals surface area contributed by atoms with Crippen molar-refractivity contribution in [2.75, 3.05) is 0 Å². The van der Waals surface area contributed by atoms with Gasteiger partial charge in [0.1, 0.15) is 0 Å². The Hall–Kier alpha value is -2.32. The summed E-state index contributed by atoms with van der Waals surface area (Å²) < 4.78 is 34.3. The van der Waals surface area contributed by atoms with E-state index in [1.165, 1.54) is 18.2 Å².